The molecule has 0 amide bonds. The number of nitrogens with zero attached hydrogens (tertiary/aromatic N) is 3. The number of halogens is 1. The SMILES string of the molecule is N#Cc1cc(Cl)nc(N2Cc3ccccc3C2)c1. The predicted octanol–water partition coefficient (Wildman–Crippen LogP) is 3.13. The highest BCUT2D eigenvalue weighted by atomic mass is 35.5. The molecule has 3 nitrogen and oxygen atoms in total. The van der Waals surface area contributed by atoms with E-state index >= 15 is 0 Å². The van der Waals surface area contributed by atoms with E-state index in [1.807, 2.05) is 12.1 Å². The first-order valence-corrected chi connectivity index (χ1v) is 6.03. The van der Waals surface area contributed by atoms with Crippen molar-refractivity contribution in [3.8, 4) is 6.07 Å². The van der Waals surface area contributed by atoms with Crippen LogP contribution < -0.4 is 4.90 Å². The van der Waals surface area contributed by atoms with Crippen molar-refractivity contribution >= 4 is 17.4 Å². The molecule has 2 heterocycles. The van der Waals surface area contributed by atoms with Crippen LogP contribution in [-0.2, 0) is 13.1 Å². The lowest BCUT2D eigenvalue weighted by Gasteiger charge is -2.16. The molecular weight excluding hydrogens is 246 g/mol. The first-order chi connectivity index (χ1) is 8.76. The molecular formula is C14H10ClN3. The Morgan fingerprint density at radius 3 is 2.44 bits per heavy atom. The van der Waals surface area contributed by atoms with Crippen LogP contribution in [0.15, 0.2) is 36.4 Å². The van der Waals surface area contributed by atoms with Gasteiger partial charge in [-0.1, -0.05) is 35.9 Å². The average Bonchev–Trinajstić information content (AvgIpc) is 2.81. The van der Waals surface area contributed by atoms with Crippen molar-refractivity contribution in [2.24, 2.45) is 0 Å². The number of pyridine rings is 1. The molecule has 1 aliphatic rings. The number of hydrogen-bond donors (Lipinski definition) is 0. The lowest BCUT2D eigenvalue weighted by Crippen LogP contribution is -2.16. The first-order valence-electron chi connectivity index (χ1n) is 5.66. The fraction of sp³-hybridized carbons (Fsp3) is 0.143. The maximum atomic E-state index is 8.95. The molecule has 0 fully saturated rings. The summed E-state index contributed by atoms with van der Waals surface area (Å²) >= 11 is 5.93. The molecule has 3 rings (SSSR count). The summed E-state index contributed by atoms with van der Waals surface area (Å²) < 4.78 is 0. The molecule has 2 aromatic rings. The van der Waals surface area contributed by atoms with E-state index in [1.165, 1.54) is 11.1 Å². The second kappa shape index (κ2) is 4.32. The molecule has 1 aromatic carbocycles. The summed E-state index contributed by atoms with van der Waals surface area (Å²) in [5.41, 5.74) is 3.15. The summed E-state index contributed by atoms with van der Waals surface area (Å²) in [6, 6.07) is 13.8. The van der Waals surface area contributed by atoms with Gasteiger partial charge in [0, 0.05) is 13.1 Å². The van der Waals surface area contributed by atoms with Crippen LogP contribution in [0.2, 0.25) is 5.15 Å². The summed E-state index contributed by atoms with van der Waals surface area (Å²) in [5.74, 6) is 0.759. The van der Waals surface area contributed by atoms with Crippen molar-refractivity contribution in [1.29, 1.82) is 5.26 Å². The van der Waals surface area contributed by atoms with Gasteiger partial charge in [-0.05, 0) is 23.3 Å². The van der Waals surface area contributed by atoms with Gasteiger partial charge in [-0.3, -0.25) is 0 Å². The van der Waals surface area contributed by atoms with Crippen LogP contribution in [-0.4, -0.2) is 4.98 Å². The molecule has 88 valence electrons. The third kappa shape index (κ3) is 1.92. The molecule has 0 saturated heterocycles. The van der Waals surface area contributed by atoms with Gasteiger partial charge in [-0.25, -0.2) is 4.98 Å². The minimum Gasteiger partial charge on any atom is -0.348 e. The van der Waals surface area contributed by atoms with Crippen LogP contribution in [0.5, 0.6) is 0 Å². The van der Waals surface area contributed by atoms with Crippen LogP contribution in [0.25, 0.3) is 0 Å². The standard InChI is InChI=1S/C14H10ClN3/c15-13-5-10(7-16)6-14(17-13)18-8-11-3-1-2-4-12(11)9-18/h1-6H,8-9H2. The minimum atomic E-state index is 0.361. The molecule has 0 unspecified atom stereocenters. The molecule has 18 heavy (non-hydrogen) atoms. The van der Waals surface area contributed by atoms with Crippen molar-refractivity contribution in [1.82, 2.24) is 4.98 Å². The summed E-state index contributed by atoms with van der Waals surface area (Å²) in [6.45, 7) is 1.63. The van der Waals surface area contributed by atoms with E-state index in [0.29, 0.717) is 10.7 Å². The number of anilines is 1. The Balaban J connectivity index is 1.95. The Hall–Kier alpha value is -2.05. The van der Waals surface area contributed by atoms with Gasteiger partial charge in [0.15, 0.2) is 0 Å². The molecule has 0 spiro atoms. The predicted molar refractivity (Wildman–Crippen MR) is 70.3 cm³/mol. The highest BCUT2D eigenvalue weighted by Gasteiger charge is 2.20. The van der Waals surface area contributed by atoms with Crippen LogP contribution in [0.4, 0.5) is 5.82 Å². The Bertz CT molecular complexity index is 621. The zero-order chi connectivity index (χ0) is 12.5. The van der Waals surface area contributed by atoms with Gasteiger partial charge in [0.25, 0.3) is 0 Å². The number of nitriles is 1. The van der Waals surface area contributed by atoms with Crippen molar-refractivity contribution in [2.75, 3.05) is 4.90 Å². The summed E-state index contributed by atoms with van der Waals surface area (Å²) in [4.78, 5) is 6.41. The molecule has 0 N–H and O–H groups in total. The fourth-order valence-electron chi connectivity index (χ4n) is 2.20. The maximum absolute atomic E-state index is 8.95. The molecule has 0 aliphatic carbocycles. The van der Waals surface area contributed by atoms with E-state index < -0.39 is 0 Å². The van der Waals surface area contributed by atoms with E-state index in [0.717, 1.165) is 18.9 Å². The largest absolute Gasteiger partial charge is 0.348 e. The third-order valence-electron chi connectivity index (χ3n) is 3.07. The third-order valence-corrected chi connectivity index (χ3v) is 3.27. The van der Waals surface area contributed by atoms with Crippen LogP contribution in [0, 0.1) is 11.3 Å². The molecule has 1 aromatic heterocycles. The summed E-state index contributed by atoms with van der Waals surface area (Å²) in [5, 5.41) is 9.31. The highest BCUT2D eigenvalue weighted by Crippen LogP contribution is 2.28. The van der Waals surface area contributed by atoms with Gasteiger partial charge in [0.05, 0.1) is 11.6 Å². The lowest BCUT2D eigenvalue weighted by molar-refractivity contribution is 0.856. The van der Waals surface area contributed by atoms with Gasteiger partial charge in [0.2, 0.25) is 0 Å². The topological polar surface area (TPSA) is 39.9 Å². The fourth-order valence-corrected chi connectivity index (χ4v) is 2.41. The number of rotatable bonds is 1. The Morgan fingerprint density at radius 1 is 1.17 bits per heavy atom. The van der Waals surface area contributed by atoms with E-state index in [-0.39, 0.29) is 0 Å². The number of hydrogen-bond acceptors (Lipinski definition) is 3. The zero-order valence-corrected chi connectivity index (χ0v) is 10.4. The smallest absolute Gasteiger partial charge is 0.132 e. The zero-order valence-electron chi connectivity index (χ0n) is 9.60. The maximum Gasteiger partial charge on any atom is 0.132 e. The Morgan fingerprint density at radius 2 is 1.83 bits per heavy atom. The summed E-state index contributed by atoms with van der Waals surface area (Å²) in [6.07, 6.45) is 0. The monoisotopic (exact) mass is 255 g/mol. The number of benzene rings is 1. The Kier molecular flexibility index (Phi) is 2.66. The Labute approximate surface area is 110 Å². The van der Waals surface area contributed by atoms with Crippen LogP contribution >= 0.6 is 11.6 Å². The van der Waals surface area contributed by atoms with Gasteiger partial charge >= 0.3 is 0 Å². The van der Waals surface area contributed by atoms with Gasteiger partial charge < -0.3 is 4.90 Å². The molecule has 0 radical (unpaired) electrons. The van der Waals surface area contributed by atoms with Crippen LogP contribution in [0.3, 0.4) is 0 Å². The molecule has 0 atom stereocenters. The van der Waals surface area contributed by atoms with Crippen LogP contribution in [0.1, 0.15) is 16.7 Å². The molecule has 4 heteroatoms. The van der Waals surface area contributed by atoms with Gasteiger partial charge in [-0.15, -0.1) is 0 Å². The van der Waals surface area contributed by atoms with Crippen molar-refractivity contribution in [2.45, 2.75) is 13.1 Å². The normalized spacial score (nSPS) is 13.2. The van der Waals surface area contributed by atoms with E-state index in [4.69, 9.17) is 16.9 Å². The summed E-state index contributed by atoms with van der Waals surface area (Å²) in [7, 11) is 0. The quantitative estimate of drug-likeness (QED) is 0.735. The average molecular weight is 256 g/mol. The number of aromatic nitrogens is 1. The second-order valence-electron chi connectivity index (χ2n) is 4.27. The van der Waals surface area contributed by atoms with E-state index in [9.17, 15) is 0 Å². The molecule has 1 aliphatic heterocycles. The van der Waals surface area contributed by atoms with Crippen molar-refractivity contribution in [3.63, 3.8) is 0 Å². The van der Waals surface area contributed by atoms with E-state index in [1.54, 1.807) is 12.1 Å². The van der Waals surface area contributed by atoms with Gasteiger partial charge in [0.1, 0.15) is 11.0 Å². The molecule has 0 saturated carbocycles. The number of fused-ring (bicyclic) bond motifs is 1. The van der Waals surface area contributed by atoms with Gasteiger partial charge in [-0.2, -0.15) is 5.26 Å². The van der Waals surface area contributed by atoms with E-state index in [2.05, 4.69) is 28.1 Å². The van der Waals surface area contributed by atoms with Crippen molar-refractivity contribution in [3.05, 3.63) is 58.2 Å². The molecule has 0 bridgehead atoms. The second-order valence-corrected chi connectivity index (χ2v) is 4.66. The highest BCUT2D eigenvalue weighted by molar-refractivity contribution is 6.29. The first kappa shape index (κ1) is 11.1. The minimum absolute atomic E-state index is 0.361. The van der Waals surface area contributed by atoms with Crippen molar-refractivity contribution < 1.29 is 0 Å². The lowest BCUT2D eigenvalue weighted by atomic mass is 10.1.